The molecule has 1 amide bonds. The third-order valence-corrected chi connectivity index (χ3v) is 6.84. The highest BCUT2D eigenvalue weighted by Crippen LogP contribution is 2.42. The number of hydrogen-bond acceptors (Lipinski definition) is 3. The highest BCUT2D eigenvalue weighted by Gasteiger charge is 2.41. The summed E-state index contributed by atoms with van der Waals surface area (Å²) in [6, 6.07) is 18.6. The van der Waals surface area contributed by atoms with Gasteiger partial charge >= 0.3 is 0 Å². The molecule has 0 unspecified atom stereocenters. The van der Waals surface area contributed by atoms with Crippen LogP contribution in [0.5, 0.6) is 0 Å². The van der Waals surface area contributed by atoms with Crippen LogP contribution in [-0.4, -0.2) is 17.4 Å². The van der Waals surface area contributed by atoms with Crippen molar-refractivity contribution in [3.05, 3.63) is 65.2 Å². The molecule has 0 bridgehead atoms. The first kappa shape index (κ1) is 18.2. The summed E-state index contributed by atoms with van der Waals surface area (Å²) in [6.07, 6.45) is 4.96. The van der Waals surface area contributed by atoms with Crippen molar-refractivity contribution in [3.8, 4) is 0 Å². The monoisotopic (exact) mass is 378 g/mol. The van der Waals surface area contributed by atoms with Crippen LogP contribution in [0.2, 0.25) is 0 Å². The number of rotatable bonds is 6. The number of nitrogens with zero attached hydrogens (tertiary/aromatic N) is 1. The van der Waals surface area contributed by atoms with Gasteiger partial charge in [-0.25, -0.2) is 4.98 Å². The van der Waals surface area contributed by atoms with Crippen molar-refractivity contribution in [3.63, 3.8) is 0 Å². The van der Waals surface area contributed by atoms with E-state index in [0.29, 0.717) is 12.5 Å². The van der Waals surface area contributed by atoms with Gasteiger partial charge in [-0.1, -0.05) is 62.2 Å². The number of hydrogen-bond donors (Lipinski definition) is 1. The van der Waals surface area contributed by atoms with Crippen molar-refractivity contribution >= 4 is 27.5 Å². The molecule has 1 fully saturated rings. The van der Waals surface area contributed by atoms with Crippen molar-refractivity contribution in [1.29, 1.82) is 0 Å². The van der Waals surface area contributed by atoms with Gasteiger partial charge in [-0.05, 0) is 36.5 Å². The topological polar surface area (TPSA) is 42.0 Å². The highest BCUT2D eigenvalue weighted by atomic mass is 32.1. The Morgan fingerprint density at radius 2 is 1.81 bits per heavy atom. The molecule has 1 atom stereocenters. The Kier molecular flexibility index (Phi) is 5.26. The number of carbonyl (C=O) groups excluding carboxylic acids is 1. The molecule has 1 saturated carbocycles. The first-order valence-electron chi connectivity index (χ1n) is 9.84. The fraction of sp³-hybridized carbons (Fsp3) is 0.391. The summed E-state index contributed by atoms with van der Waals surface area (Å²) >= 11 is 1.73. The predicted molar refractivity (Wildman–Crippen MR) is 112 cm³/mol. The molecule has 3 aromatic rings. The van der Waals surface area contributed by atoms with Crippen molar-refractivity contribution < 1.29 is 4.79 Å². The quantitative estimate of drug-likeness (QED) is 0.631. The molecule has 0 spiro atoms. The Morgan fingerprint density at radius 1 is 1.11 bits per heavy atom. The number of amides is 1. The average Bonchev–Trinajstić information content (AvgIpc) is 3.33. The first-order chi connectivity index (χ1) is 13.2. The van der Waals surface area contributed by atoms with E-state index in [4.69, 9.17) is 4.98 Å². The molecule has 3 nitrogen and oxygen atoms in total. The number of aromatic nitrogens is 1. The van der Waals surface area contributed by atoms with Crippen LogP contribution in [0.1, 0.15) is 49.1 Å². The highest BCUT2D eigenvalue weighted by molar-refractivity contribution is 7.18. The molecule has 0 aliphatic heterocycles. The summed E-state index contributed by atoms with van der Waals surface area (Å²) in [5.41, 5.74) is 2.03. The molecule has 1 aliphatic carbocycles. The summed E-state index contributed by atoms with van der Waals surface area (Å²) < 4.78 is 1.21. The molecule has 4 heteroatoms. The van der Waals surface area contributed by atoms with E-state index in [-0.39, 0.29) is 11.3 Å². The lowest BCUT2D eigenvalue weighted by atomic mass is 9.81. The van der Waals surface area contributed by atoms with E-state index in [0.717, 1.165) is 42.6 Å². The molecule has 0 radical (unpaired) electrons. The Bertz CT molecular complexity index is 879. The van der Waals surface area contributed by atoms with Crippen molar-refractivity contribution in [2.45, 2.75) is 44.9 Å². The van der Waals surface area contributed by atoms with E-state index in [1.165, 1.54) is 10.3 Å². The Morgan fingerprint density at radius 3 is 2.56 bits per heavy atom. The normalized spacial score (nSPS) is 17.1. The Hall–Kier alpha value is -2.20. The van der Waals surface area contributed by atoms with E-state index in [1.807, 2.05) is 18.2 Å². The predicted octanol–water partition coefficient (Wildman–Crippen LogP) is 5.32. The van der Waals surface area contributed by atoms with Gasteiger partial charge in [0, 0.05) is 13.0 Å². The maximum Gasteiger partial charge on any atom is 0.226 e. The van der Waals surface area contributed by atoms with E-state index in [1.54, 1.807) is 11.3 Å². The third kappa shape index (κ3) is 3.91. The van der Waals surface area contributed by atoms with E-state index >= 15 is 0 Å². The number of fused-ring (bicyclic) bond motifs is 1. The maximum absolute atomic E-state index is 13.2. The summed E-state index contributed by atoms with van der Waals surface area (Å²) in [4.78, 5) is 18.0. The minimum absolute atomic E-state index is 0.210. The zero-order valence-electron chi connectivity index (χ0n) is 15.8. The molecule has 1 aromatic heterocycles. The van der Waals surface area contributed by atoms with Crippen LogP contribution in [0.4, 0.5) is 0 Å². The lowest BCUT2D eigenvalue weighted by Gasteiger charge is -2.27. The summed E-state index contributed by atoms with van der Waals surface area (Å²) in [5.74, 6) is 0.526. The van der Waals surface area contributed by atoms with Crippen LogP contribution in [0.15, 0.2) is 54.6 Å². The van der Waals surface area contributed by atoms with Crippen LogP contribution in [0.25, 0.3) is 10.2 Å². The van der Waals surface area contributed by atoms with Gasteiger partial charge in [-0.3, -0.25) is 4.79 Å². The SMILES string of the molecule is C[C@H](CNC(=O)C1(Cc2nc3ccccc3s2)CCCC1)c1ccccc1. The zero-order valence-corrected chi connectivity index (χ0v) is 16.6. The van der Waals surface area contributed by atoms with Gasteiger partial charge in [-0.2, -0.15) is 0 Å². The smallest absolute Gasteiger partial charge is 0.226 e. The van der Waals surface area contributed by atoms with E-state index in [2.05, 4.69) is 48.6 Å². The largest absolute Gasteiger partial charge is 0.355 e. The van der Waals surface area contributed by atoms with E-state index in [9.17, 15) is 4.79 Å². The molecule has 140 valence electrons. The second-order valence-corrected chi connectivity index (χ2v) is 8.88. The van der Waals surface area contributed by atoms with Gasteiger partial charge in [0.25, 0.3) is 0 Å². The third-order valence-electron chi connectivity index (χ3n) is 5.81. The standard InChI is InChI=1S/C23H26N2OS/c1-17(18-9-3-2-4-10-18)16-24-22(26)23(13-7-8-14-23)15-21-25-19-11-5-6-12-20(19)27-21/h2-6,9-12,17H,7-8,13-16H2,1H3,(H,24,26)/t17-/m1/s1. The number of thiazole rings is 1. The molecule has 1 aliphatic rings. The minimum atomic E-state index is -0.287. The molecule has 1 N–H and O–H groups in total. The van der Waals surface area contributed by atoms with Crippen molar-refractivity contribution in [2.75, 3.05) is 6.54 Å². The van der Waals surface area contributed by atoms with Crippen molar-refractivity contribution in [1.82, 2.24) is 10.3 Å². The van der Waals surface area contributed by atoms with Crippen LogP contribution < -0.4 is 5.32 Å². The van der Waals surface area contributed by atoms with Gasteiger partial charge < -0.3 is 5.32 Å². The van der Waals surface area contributed by atoms with Gasteiger partial charge in [-0.15, -0.1) is 11.3 Å². The van der Waals surface area contributed by atoms with Gasteiger partial charge in [0.05, 0.1) is 20.6 Å². The number of nitrogens with one attached hydrogen (secondary N) is 1. The number of para-hydroxylation sites is 1. The van der Waals surface area contributed by atoms with E-state index < -0.39 is 0 Å². The molecular formula is C23H26N2OS. The molecule has 1 heterocycles. The van der Waals surface area contributed by atoms with Crippen LogP contribution >= 0.6 is 11.3 Å². The van der Waals surface area contributed by atoms with Crippen molar-refractivity contribution in [2.24, 2.45) is 5.41 Å². The fourth-order valence-electron chi connectivity index (χ4n) is 4.15. The first-order valence-corrected chi connectivity index (χ1v) is 10.7. The summed E-state index contributed by atoms with van der Waals surface area (Å²) in [7, 11) is 0. The van der Waals surface area contributed by atoms with Crippen LogP contribution in [0, 0.1) is 5.41 Å². The molecule has 2 aromatic carbocycles. The Labute approximate surface area is 164 Å². The Balaban J connectivity index is 1.46. The average molecular weight is 379 g/mol. The maximum atomic E-state index is 13.2. The van der Waals surface area contributed by atoms with Gasteiger partial charge in [0.2, 0.25) is 5.91 Å². The zero-order chi connectivity index (χ0) is 18.7. The number of carbonyl (C=O) groups is 1. The fourth-order valence-corrected chi connectivity index (χ4v) is 5.26. The van der Waals surface area contributed by atoms with Crippen LogP contribution in [-0.2, 0) is 11.2 Å². The van der Waals surface area contributed by atoms with Gasteiger partial charge in [0.1, 0.15) is 0 Å². The second-order valence-electron chi connectivity index (χ2n) is 7.76. The lowest BCUT2D eigenvalue weighted by molar-refractivity contribution is -0.130. The number of benzene rings is 2. The summed E-state index contributed by atoms with van der Waals surface area (Å²) in [5, 5.41) is 4.34. The lowest BCUT2D eigenvalue weighted by Crippen LogP contribution is -2.42. The minimum Gasteiger partial charge on any atom is -0.355 e. The summed E-state index contributed by atoms with van der Waals surface area (Å²) in [6.45, 7) is 2.86. The molecule has 4 rings (SSSR count). The molecule has 0 saturated heterocycles. The molecular weight excluding hydrogens is 352 g/mol. The molecule has 27 heavy (non-hydrogen) atoms. The second kappa shape index (κ2) is 7.81. The van der Waals surface area contributed by atoms with Gasteiger partial charge in [0.15, 0.2) is 0 Å². The van der Waals surface area contributed by atoms with Crippen LogP contribution in [0.3, 0.4) is 0 Å².